The first-order valence-corrected chi connectivity index (χ1v) is 18.2. The molecule has 0 atom stereocenters. The Morgan fingerprint density at radius 1 is 0.327 bits per heavy atom. The van der Waals surface area contributed by atoms with Gasteiger partial charge in [-0.25, -0.2) is 0 Å². The molecule has 0 saturated carbocycles. The van der Waals surface area contributed by atoms with E-state index in [2.05, 4.69) is 181 Å². The van der Waals surface area contributed by atoms with Crippen LogP contribution in [-0.4, -0.2) is 0 Å². The number of hydrogen-bond acceptors (Lipinski definition) is 3. The first-order chi connectivity index (χ1) is 24.3. The van der Waals surface area contributed by atoms with Gasteiger partial charge in [-0.05, 0) is 99.8 Å². The lowest BCUT2D eigenvalue weighted by Gasteiger charge is -2.27. The fraction of sp³-hybridized carbons (Fsp3) is 0. The van der Waals surface area contributed by atoms with Crippen molar-refractivity contribution in [2.24, 2.45) is 0 Å². The molecule has 0 N–H and O–H groups in total. The predicted octanol–water partition coefficient (Wildman–Crippen LogP) is 14.4. The number of thiophene rings is 2. The molecule has 0 aliphatic heterocycles. The SMILES string of the molecule is c1cc(-c2ccc3ccccc3c2)cc(N(c2ccc(-c3ccc4sc5ccccc5c4c3)cc2)c2cccc3sc4ccccc4c23)c1. The summed E-state index contributed by atoms with van der Waals surface area (Å²) in [6, 6.07) is 64.5. The van der Waals surface area contributed by atoms with E-state index in [1.807, 2.05) is 22.7 Å². The molecule has 2 aromatic heterocycles. The second kappa shape index (κ2) is 11.5. The van der Waals surface area contributed by atoms with Gasteiger partial charge >= 0.3 is 0 Å². The molecule has 0 radical (unpaired) electrons. The first kappa shape index (κ1) is 28.3. The van der Waals surface area contributed by atoms with Crippen molar-refractivity contribution in [3.05, 3.63) is 176 Å². The summed E-state index contributed by atoms with van der Waals surface area (Å²) in [6.45, 7) is 0. The Labute approximate surface area is 292 Å². The maximum absolute atomic E-state index is 2.44. The Morgan fingerprint density at radius 3 is 1.82 bits per heavy atom. The minimum Gasteiger partial charge on any atom is -0.310 e. The number of hydrogen-bond donors (Lipinski definition) is 0. The predicted molar refractivity (Wildman–Crippen MR) is 215 cm³/mol. The van der Waals surface area contributed by atoms with Gasteiger partial charge in [-0.1, -0.05) is 109 Å². The van der Waals surface area contributed by atoms with Gasteiger partial charge in [0.15, 0.2) is 0 Å². The Morgan fingerprint density at radius 2 is 0.939 bits per heavy atom. The fourth-order valence-electron chi connectivity index (χ4n) is 7.27. The molecule has 1 nitrogen and oxygen atoms in total. The monoisotopic (exact) mass is 659 g/mol. The van der Waals surface area contributed by atoms with Crippen LogP contribution in [0.3, 0.4) is 0 Å². The summed E-state index contributed by atoms with van der Waals surface area (Å²) < 4.78 is 5.26. The summed E-state index contributed by atoms with van der Waals surface area (Å²) >= 11 is 3.72. The lowest BCUT2D eigenvalue weighted by molar-refractivity contribution is 1.30. The molecule has 0 spiro atoms. The third kappa shape index (κ3) is 4.82. The molecule has 8 aromatic carbocycles. The van der Waals surface area contributed by atoms with E-state index in [9.17, 15) is 0 Å². The minimum absolute atomic E-state index is 1.13. The standard InChI is InChI=1S/C46H29NS2/c1-2-10-32-27-34(20-19-30(32)9-1)33-11-7-12-37(28-33)47(41-15-8-18-45-46(41)39-14-4-6-17-43(39)49-45)36-24-21-31(22-25-36)35-23-26-44-40(29-35)38-13-3-5-16-42(38)48-44/h1-29H. The van der Waals surface area contributed by atoms with E-state index >= 15 is 0 Å². The molecule has 0 aliphatic carbocycles. The maximum atomic E-state index is 2.44. The lowest BCUT2D eigenvalue weighted by Crippen LogP contribution is -2.10. The van der Waals surface area contributed by atoms with Crippen molar-refractivity contribution in [2.75, 3.05) is 4.90 Å². The fourth-order valence-corrected chi connectivity index (χ4v) is 9.48. The quantitative estimate of drug-likeness (QED) is 0.178. The average molecular weight is 660 g/mol. The van der Waals surface area contributed by atoms with Crippen molar-refractivity contribution in [3.8, 4) is 22.3 Å². The highest BCUT2D eigenvalue weighted by Crippen LogP contribution is 2.46. The molecule has 230 valence electrons. The third-order valence-corrected chi connectivity index (χ3v) is 11.9. The van der Waals surface area contributed by atoms with Crippen LogP contribution in [0.4, 0.5) is 17.1 Å². The third-order valence-electron chi connectivity index (χ3n) is 9.64. The zero-order chi connectivity index (χ0) is 32.3. The molecule has 0 fully saturated rings. The van der Waals surface area contributed by atoms with Crippen LogP contribution in [0.25, 0.3) is 73.4 Å². The van der Waals surface area contributed by atoms with Gasteiger partial charge in [0.05, 0.1) is 5.69 Å². The van der Waals surface area contributed by atoms with Crippen molar-refractivity contribution in [3.63, 3.8) is 0 Å². The molecule has 0 bridgehead atoms. The molecule has 3 heteroatoms. The zero-order valence-electron chi connectivity index (χ0n) is 26.5. The van der Waals surface area contributed by atoms with E-state index in [4.69, 9.17) is 0 Å². The molecule has 0 saturated heterocycles. The van der Waals surface area contributed by atoms with Crippen LogP contribution in [0.1, 0.15) is 0 Å². The van der Waals surface area contributed by atoms with Gasteiger partial charge in [-0.15, -0.1) is 22.7 Å². The molecule has 0 unspecified atom stereocenters. The highest BCUT2D eigenvalue weighted by Gasteiger charge is 2.19. The summed E-state index contributed by atoms with van der Waals surface area (Å²) in [6.07, 6.45) is 0. The molecular weight excluding hydrogens is 631 g/mol. The van der Waals surface area contributed by atoms with E-state index in [1.54, 1.807) is 0 Å². The van der Waals surface area contributed by atoms with E-state index in [0.717, 1.165) is 11.4 Å². The van der Waals surface area contributed by atoms with E-state index in [-0.39, 0.29) is 0 Å². The van der Waals surface area contributed by atoms with Crippen molar-refractivity contribution in [2.45, 2.75) is 0 Å². The number of rotatable bonds is 5. The smallest absolute Gasteiger partial charge is 0.0554 e. The first-order valence-electron chi connectivity index (χ1n) is 16.6. The molecule has 2 heterocycles. The Kier molecular flexibility index (Phi) is 6.61. The van der Waals surface area contributed by atoms with Crippen LogP contribution in [0.5, 0.6) is 0 Å². The highest BCUT2D eigenvalue weighted by molar-refractivity contribution is 7.26. The van der Waals surface area contributed by atoms with Crippen LogP contribution in [0, 0.1) is 0 Å². The van der Waals surface area contributed by atoms with E-state index < -0.39 is 0 Å². The van der Waals surface area contributed by atoms with Crippen molar-refractivity contribution in [1.82, 2.24) is 0 Å². The molecule has 49 heavy (non-hydrogen) atoms. The van der Waals surface area contributed by atoms with Crippen LogP contribution in [0.2, 0.25) is 0 Å². The van der Waals surface area contributed by atoms with Gasteiger partial charge < -0.3 is 4.90 Å². The maximum Gasteiger partial charge on any atom is 0.0554 e. The Hall–Kier alpha value is -5.74. The number of fused-ring (bicyclic) bond motifs is 7. The summed E-state index contributed by atoms with van der Waals surface area (Å²) in [5.41, 5.74) is 8.31. The van der Waals surface area contributed by atoms with E-state index in [1.165, 1.54) is 79.1 Å². The second-order valence-electron chi connectivity index (χ2n) is 12.6. The molecule has 10 aromatic rings. The molecule has 10 rings (SSSR count). The van der Waals surface area contributed by atoms with Gasteiger partial charge in [0.2, 0.25) is 0 Å². The summed E-state index contributed by atoms with van der Waals surface area (Å²) in [5, 5.41) is 7.74. The number of benzene rings is 8. The van der Waals surface area contributed by atoms with Crippen LogP contribution in [0.15, 0.2) is 176 Å². The summed E-state index contributed by atoms with van der Waals surface area (Å²) in [4.78, 5) is 2.44. The van der Waals surface area contributed by atoms with Crippen molar-refractivity contribution in [1.29, 1.82) is 0 Å². The zero-order valence-corrected chi connectivity index (χ0v) is 28.1. The van der Waals surface area contributed by atoms with Crippen molar-refractivity contribution < 1.29 is 0 Å². The van der Waals surface area contributed by atoms with Gasteiger partial charge in [-0.3, -0.25) is 0 Å². The summed E-state index contributed by atoms with van der Waals surface area (Å²) in [5.74, 6) is 0. The van der Waals surface area contributed by atoms with Gasteiger partial charge in [0.1, 0.15) is 0 Å². The lowest BCUT2D eigenvalue weighted by atomic mass is 9.99. The van der Waals surface area contributed by atoms with Crippen LogP contribution in [-0.2, 0) is 0 Å². The van der Waals surface area contributed by atoms with Gasteiger partial charge in [0, 0.05) is 51.7 Å². The molecular formula is C46H29NS2. The number of anilines is 3. The Bertz CT molecular complexity index is 2840. The molecule has 0 amide bonds. The highest BCUT2D eigenvalue weighted by atomic mass is 32.1. The number of nitrogens with zero attached hydrogens (tertiary/aromatic N) is 1. The summed E-state index contributed by atoms with van der Waals surface area (Å²) in [7, 11) is 0. The normalized spacial score (nSPS) is 11.7. The minimum atomic E-state index is 1.13. The largest absolute Gasteiger partial charge is 0.310 e. The topological polar surface area (TPSA) is 3.24 Å². The van der Waals surface area contributed by atoms with Crippen molar-refractivity contribution >= 4 is 90.9 Å². The van der Waals surface area contributed by atoms with Crippen LogP contribution >= 0.6 is 22.7 Å². The Balaban J connectivity index is 1.13. The molecule has 0 aliphatic rings. The second-order valence-corrected chi connectivity index (χ2v) is 14.7. The van der Waals surface area contributed by atoms with Gasteiger partial charge in [-0.2, -0.15) is 0 Å². The average Bonchev–Trinajstić information content (AvgIpc) is 3.74. The van der Waals surface area contributed by atoms with Gasteiger partial charge in [0.25, 0.3) is 0 Å². The van der Waals surface area contributed by atoms with Crippen LogP contribution < -0.4 is 4.90 Å². The van der Waals surface area contributed by atoms with E-state index in [0.29, 0.717) is 0 Å².